The maximum atomic E-state index is 13.2. The van der Waals surface area contributed by atoms with Crippen LogP contribution in [0.5, 0.6) is 5.75 Å². The van der Waals surface area contributed by atoms with Crippen LogP contribution in [-0.2, 0) is 11.3 Å². The second kappa shape index (κ2) is 9.57. The van der Waals surface area contributed by atoms with Gasteiger partial charge in [0.1, 0.15) is 12.1 Å². The zero-order valence-electron chi connectivity index (χ0n) is 18.1. The van der Waals surface area contributed by atoms with Gasteiger partial charge in [-0.05, 0) is 42.7 Å². The summed E-state index contributed by atoms with van der Waals surface area (Å²) in [5.41, 5.74) is 0.798. The Bertz CT molecular complexity index is 1220. The van der Waals surface area contributed by atoms with Gasteiger partial charge in [-0.2, -0.15) is 0 Å². The molecule has 182 valence electrons. The molecule has 0 bridgehead atoms. The number of ether oxygens (including phenoxy) is 1. The summed E-state index contributed by atoms with van der Waals surface area (Å²) in [7, 11) is 0. The lowest BCUT2D eigenvalue weighted by Crippen LogP contribution is -2.51. The number of carbonyl (C=O) groups is 3. The fourth-order valence-electron chi connectivity index (χ4n) is 3.53. The second-order valence-electron chi connectivity index (χ2n) is 7.87. The molecule has 4 rings (SSSR count). The highest BCUT2D eigenvalue weighted by Crippen LogP contribution is 2.32. The third-order valence-corrected chi connectivity index (χ3v) is 5.21. The molecule has 12 heteroatoms. The van der Waals surface area contributed by atoms with E-state index in [1.54, 1.807) is 0 Å². The number of rotatable bonds is 9. The van der Waals surface area contributed by atoms with Gasteiger partial charge in [-0.15, -0.1) is 18.3 Å². The lowest BCUT2D eigenvalue weighted by Gasteiger charge is -2.27. The highest BCUT2D eigenvalue weighted by atomic mass is 19.4. The van der Waals surface area contributed by atoms with E-state index in [-0.39, 0.29) is 11.4 Å². The van der Waals surface area contributed by atoms with Gasteiger partial charge in [0.25, 0.3) is 5.91 Å². The van der Waals surface area contributed by atoms with Gasteiger partial charge in [-0.3, -0.25) is 9.59 Å². The predicted octanol–water partition coefficient (Wildman–Crippen LogP) is 3.17. The minimum atomic E-state index is -4.90. The van der Waals surface area contributed by atoms with Crippen molar-refractivity contribution in [2.45, 2.75) is 37.8 Å². The number of aromatic nitrogens is 3. The van der Waals surface area contributed by atoms with Crippen LogP contribution >= 0.6 is 0 Å². The molecule has 0 radical (unpaired) electrons. The summed E-state index contributed by atoms with van der Waals surface area (Å²) in [6, 6.07) is 10.8. The molecule has 1 aliphatic rings. The maximum Gasteiger partial charge on any atom is 0.573 e. The van der Waals surface area contributed by atoms with E-state index >= 15 is 0 Å². The highest BCUT2D eigenvalue weighted by molar-refractivity contribution is 6.13. The monoisotopic (exact) mass is 488 g/mol. The standard InChI is InChI=1S/C23H19F3N4O5/c24-23(25,26)35-17-10-6-15(7-11-17)21(32)30(16-8-9-16)18(22(33)34)19(31)20-27-13-29(28-20)12-14-4-2-1-3-5-14/h1-7,10-11,13,16,18H,8-9,12H2,(H,33,34). The summed E-state index contributed by atoms with van der Waals surface area (Å²) in [6.45, 7) is 0.302. The van der Waals surface area contributed by atoms with Crippen LogP contribution in [0.25, 0.3) is 0 Å². The predicted molar refractivity (Wildman–Crippen MR) is 114 cm³/mol. The average Bonchev–Trinajstić information content (AvgIpc) is 3.54. The number of hydrogen-bond acceptors (Lipinski definition) is 6. The molecule has 1 aliphatic carbocycles. The molecule has 0 saturated heterocycles. The number of hydrogen-bond donors (Lipinski definition) is 1. The summed E-state index contributed by atoms with van der Waals surface area (Å²) in [4.78, 5) is 43.2. The van der Waals surface area contributed by atoms with Gasteiger partial charge >= 0.3 is 12.3 Å². The van der Waals surface area contributed by atoms with E-state index in [2.05, 4.69) is 14.8 Å². The van der Waals surface area contributed by atoms with Crippen LogP contribution in [0.2, 0.25) is 0 Å². The number of carbonyl (C=O) groups excluding carboxylic acids is 2. The highest BCUT2D eigenvalue weighted by Gasteiger charge is 2.46. The fraction of sp³-hybridized carbons (Fsp3) is 0.261. The number of amides is 1. The molecule has 1 amide bonds. The van der Waals surface area contributed by atoms with Crippen molar-refractivity contribution >= 4 is 17.7 Å². The molecule has 2 aromatic carbocycles. The normalized spacial score (nSPS) is 14.3. The van der Waals surface area contributed by atoms with Gasteiger partial charge in [-0.1, -0.05) is 30.3 Å². The summed E-state index contributed by atoms with van der Waals surface area (Å²) < 4.78 is 42.4. The fourth-order valence-corrected chi connectivity index (χ4v) is 3.53. The Morgan fingerprint density at radius 1 is 1.09 bits per heavy atom. The van der Waals surface area contributed by atoms with Crippen molar-refractivity contribution < 1.29 is 37.4 Å². The van der Waals surface area contributed by atoms with E-state index in [0.29, 0.717) is 19.4 Å². The Hall–Kier alpha value is -4.22. The molecule has 1 saturated carbocycles. The van der Waals surface area contributed by atoms with Crippen LogP contribution < -0.4 is 4.74 Å². The third kappa shape index (κ3) is 5.83. The van der Waals surface area contributed by atoms with Crippen LogP contribution in [-0.4, -0.2) is 60.9 Å². The molecule has 1 unspecified atom stereocenters. The number of ketones is 1. The van der Waals surface area contributed by atoms with Crippen molar-refractivity contribution in [3.63, 3.8) is 0 Å². The number of halogens is 3. The Morgan fingerprint density at radius 2 is 1.74 bits per heavy atom. The quantitative estimate of drug-likeness (QED) is 0.364. The number of aliphatic carboxylic acids is 1. The average molecular weight is 488 g/mol. The zero-order chi connectivity index (χ0) is 25.2. The number of alkyl halides is 3. The number of benzene rings is 2. The van der Waals surface area contributed by atoms with Crippen molar-refractivity contribution in [2.75, 3.05) is 0 Å². The first-order chi connectivity index (χ1) is 16.6. The number of nitrogens with zero attached hydrogens (tertiary/aromatic N) is 4. The maximum absolute atomic E-state index is 13.2. The van der Waals surface area contributed by atoms with Crippen molar-refractivity contribution in [1.29, 1.82) is 0 Å². The van der Waals surface area contributed by atoms with E-state index in [1.165, 1.54) is 11.0 Å². The minimum Gasteiger partial charge on any atom is -0.479 e. The van der Waals surface area contributed by atoms with E-state index in [9.17, 15) is 32.7 Å². The third-order valence-electron chi connectivity index (χ3n) is 5.21. The van der Waals surface area contributed by atoms with Crippen molar-refractivity contribution in [1.82, 2.24) is 19.7 Å². The topological polar surface area (TPSA) is 115 Å². The Morgan fingerprint density at radius 3 is 2.31 bits per heavy atom. The largest absolute Gasteiger partial charge is 0.573 e. The van der Waals surface area contributed by atoms with Crippen LogP contribution in [0.3, 0.4) is 0 Å². The van der Waals surface area contributed by atoms with E-state index in [1.807, 2.05) is 30.3 Å². The van der Waals surface area contributed by atoms with Gasteiger partial charge in [-0.25, -0.2) is 14.5 Å². The van der Waals surface area contributed by atoms with Crippen LogP contribution in [0, 0.1) is 0 Å². The minimum absolute atomic E-state index is 0.0898. The molecule has 1 fully saturated rings. The SMILES string of the molecule is O=C(O)C(C(=O)c1ncn(Cc2ccccc2)n1)N(C(=O)c1ccc(OC(F)(F)F)cc1)C1CC1. The van der Waals surface area contributed by atoms with Gasteiger partial charge in [0.05, 0.1) is 6.54 Å². The molecule has 1 N–H and O–H groups in total. The van der Waals surface area contributed by atoms with Gasteiger partial charge in [0.2, 0.25) is 11.6 Å². The summed E-state index contributed by atoms with van der Waals surface area (Å²) in [5, 5.41) is 13.9. The number of carboxylic acid groups (broad SMARTS) is 1. The first-order valence-electron chi connectivity index (χ1n) is 10.5. The summed E-state index contributed by atoms with van der Waals surface area (Å²) in [6.07, 6.45) is -2.65. The van der Waals surface area contributed by atoms with E-state index in [0.717, 1.165) is 34.7 Å². The first kappa shape index (κ1) is 23.9. The summed E-state index contributed by atoms with van der Waals surface area (Å²) in [5.74, 6) is -4.24. The van der Waals surface area contributed by atoms with Crippen LogP contribution in [0.1, 0.15) is 39.4 Å². The molecule has 1 atom stereocenters. The smallest absolute Gasteiger partial charge is 0.479 e. The Labute approximate surface area is 196 Å². The Balaban J connectivity index is 1.56. The zero-order valence-corrected chi connectivity index (χ0v) is 18.1. The van der Waals surface area contributed by atoms with Gasteiger partial charge in [0, 0.05) is 11.6 Å². The first-order valence-corrected chi connectivity index (χ1v) is 10.5. The molecule has 3 aromatic rings. The summed E-state index contributed by atoms with van der Waals surface area (Å²) >= 11 is 0. The molecule has 0 aliphatic heterocycles. The van der Waals surface area contributed by atoms with Crippen molar-refractivity contribution in [3.05, 3.63) is 77.9 Å². The van der Waals surface area contributed by atoms with E-state index < -0.39 is 41.9 Å². The van der Waals surface area contributed by atoms with E-state index in [4.69, 9.17) is 0 Å². The van der Waals surface area contributed by atoms with Gasteiger partial charge < -0.3 is 14.7 Å². The molecular formula is C23H19F3N4O5. The molecule has 9 nitrogen and oxygen atoms in total. The lowest BCUT2D eigenvalue weighted by atomic mass is 10.1. The van der Waals surface area contributed by atoms with Gasteiger partial charge in [0.15, 0.2) is 6.04 Å². The van der Waals surface area contributed by atoms with Crippen LogP contribution in [0.4, 0.5) is 13.2 Å². The molecular weight excluding hydrogens is 469 g/mol. The lowest BCUT2D eigenvalue weighted by molar-refractivity contribution is -0.274. The molecule has 35 heavy (non-hydrogen) atoms. The molecule has 1 heterocycles. The van der Waals surface area contributed by atoms with Crippen molar-refractivity contribution in [3.8, 4) is 5.75 Å². The second-order valence-corrected chi connectivity index (χ2v) is 7.87. The Kier molecular flexibility index (Phi) is 6.54. The molecule has 1 aromatic heterocycles. The number of carboxylic acids is 1. The molecule has 0 spiro atoms. The number of Topliss-reactive ketones (excluding diaryl/α,β-unsaturated/α-hetero) is 1. The van der Waals surface area contributed by atoms with Crippen LogP contribution in [0.15, 0.2) is 60.9 Å². The van der Waals surface area contributed by atoms with Crippen molar-refractivity contribution in [2.24, 2.45) is 0 Å².